The number of benzene rings is 3. The summed E-state index contributed by atoms with van der Waals surface area (Å²) in [5, 5.41) is -1.08. The molecule has 1 atom stereocenters. The minimum Gasteiger partial charge on any atom is -0.454 e. The Morgan fingerprint density at radius 1 is 0.968 bits per heavy atom. The minimum atomic E-state index is -3.89. The van der Waals surface area contributed by atoms with Crippen molar-refractivity contribution in [3.63, 3.8) is 0 Å². The number of hydrogen-bond donors (Lipinski definition) is 0. The van der Waals surface area contributed by atoms with Gasteiger partial charge >= 0.3 is 0 Å². The van der Waals surface area contributed by atoms with Crippen molar-refractivity contribution in [3.05, 3.63) is 83.7 Å². The summed E-state index contributed by atoms with van der Waals surface area (Å²) in [7, 11) is -3.89. The molecule has 5 rings (SSSR count). The zero-order valence-corrected chi connectivity index (χ0v) is 17.1. The zero-order valence-electron chi connectivity index (χ0n) is 16.3. The number of hydrogen-bond acceptors (Lipinski definition) is 5. The molecule has 0 aliphatic carbocycles. The van der Waals surface area contributed by atoms with Gasteiger partial charge in [-0.05, 0) is 47.5 Å². The summed E-state index contributed by atoms with van der Waals surface area (Å²) in [6.45, 7) is 0.135. The molecule has 0 radical (unpaired) electrons. The average Bonchev–Trinajstić information content (AvgIpc) is 3.20. The van der Waals surface area contributed by atoms with E-state index < -0.39 is 20.9 Å². The fourth-order valence-electron chi connectivity index (χ4n) is 3.99. The van der Waals surface area contributed by atoms with Gasteiger partial charge in [0.1, 0.15) is 5.82 Å². The van der Waals surface area contributed by atoms with Gasteiger partial charge in [0.05, 0.1) is 22.4 Å². The standard InChI is InChI=1S/C23H18FNO5S/c24-17-5-3-4-15(10-17)13-25-18-6-1-2-7-21(18)31(27,28)22(12-23(25)26)16-8-9-19-20(11-16)30-14-29-19/h1-11,22H,12-14H2. The van der Waals surface area contributed by atoms with Gasteiger partial charge in [0.2, 0.25) is 12.7 Å². The molecule has 3 aromatic rings. The molecule has 2 aliphatic rings. The highest BCUT2D eigenvalue weighted by Crippen LogP contribution is 2.43. The topological polar surface area (TPSA) is 72.9 Å². The number of carbonyl (C=O) groups is 1. The normalized spacial score (nSPS) is 19.1. The molecule has 0 saturated heterocycles. The zero-order chi connectivity index (χ0) is 21.6. The smallest absolute Gasteiger partial charge is 0.231 e. The van der Waals surface area contributed by atoms with E-state index >= 15 is 0 Å². The van der Waals surface area contributed by atoms with Gasteiger partial charge in [-0.25, -0.2) is 12.8 Å². The van der Waals surface area contributed by atoms with E-state index in [1.165, 1.54) is 23.1 Å². The molecule has 0 spiro atoms. The van der Waals surface area contributed by atoms with Crippen LogP contribution in [0.15, 0.2) is 71.6 Å². The second-order valence-electron chi connectivity index (χ2n) is 7.43. The lowest BCUT2D eigenvalue weighted by molar-refractivity contribution is -0.118. The van der Waals surface area contributed by atoms with Gasteiger partial charge < -0.3 is 14.4 Å². The first-order valence-electron chi connectivity index (χ1n) is 9.71. The molecule has 6 nitrogen and oxygen atoms in total. The van der Waals surface area contributed by atoms with Crippen LogP contribution in [0, 0.1) is 5.82 Å². The number of rotatable bonds is 3. The number of amides is 1. The fourth-order valence-corrected chi connectivity index (χ4v) is 5.90. The first-order valence-corrected chi connectivity index (χ1v) is 11.3. The highest BCUT2D eigenvalue weighted by molar-refractivity contribution is 7.92. The van der Waals surface area contributed by atoms with Crippen molar-refractivity contribution in [3.8, 4) is 11.5 Å². The summed E-state index contributed by atoms with van der Waals surface area (Å²) in [6, 6.07) is 17.2. The summed E-state index contributed by atoms with van der Waals surface area (Å²) >= 11 is 0. The molecule has 0 aromatic heterocycles. The highest BCUT2D eigenvalue weighted by Gasteiger charge is 2.40. The van der Waals surface area contributed by atoms with E-state index in [1.54, 1.807) is 48.5 Å². The Morgan fingerprint density at radius 3 is 2.61 bits per heavy atom. The van der Waals surface area contributed by atoms with Crippen molar-refractivity contribution in [2.24, 2.45) is 0 Å². The van der Waals surface area contributed by atoms with Crippen molar-refractivity contribution < 1.29 is 27.1 Å². The summed E-state index contributed by atoms with van der Waals surface area (Å²) in [4.78, 5) is 14.8. The van der Waals surface area contributed by atoms with Crippen molar-refractivity contribution in [2.45, 2.75) is 23.1 Å². The van der Waals surface area contributed by atoms with Gasteiger partial charge in [0, 0.05) is 6.42 Å². The third-order valence-electron chi connectivity index (χ3n) is 5.50. The number of ether oxygens (including phenoxy) is 2. The van der Waals surface area contributed by atoms with E-state index in [0.717, 1.165) is 0 Å². The number of halogens is 1. The van der Waals surface area contributed by atoms with Crippen molar-refractivity contribution in [2.75, 3.05) is 11.7 Å². The maximum atomic E-state index is 13.7. The van der Waals surface area contributed by atoms with E-state index in [4.69, 9.17) is 9.47 Å². The molecule has 8 heteroatoms. The third kappa shape index (κ3) is 3.42. The second kappa shape index (κ2) is 7.39. The first kappa shape index (κ1) is 19.6. The Kier molecular flexibility index (Phi) is 4.66. The number of sulfone groups is 1. The maximum Gasteiger partial charge on any atom is 0.231 e. The van der Waals surface area contributed by atoms with E-state index in [9.17, 15) is 17.6 Å². The predicted molar refractivity (Wildman–Crippen MR) is 111 cm³/mol. The fraction of sp³-hybridized carbons (Fsp3) is 0.174. The molecule has 1 unspecified atom stereocenters. The molecular formula is C23H18FNO5S. The maximum absolute atomic E-state index is 13.7. The SMILES string of the molecule is O=C1CC(c2ccc3c(c2)OCO3)S(=O)(=O)c2ccccc2N1Cc1cccc(F)c1. The van der Waals surface area contributed by atoms with Crippen LogP contribution in [0.3, 0.4) is 0 Å². The molecule has 0 N–H and O–H groups in total. The Bertz CT molecular complexity index is 1290. The first-order chi connectivity index (χ1) is 14.9. The van der Waals surface area contributed by atoms with Crippen LogP contribution < -0.4 is 14.4 Å². The van der Waals surface area contributed by atoms with Crippen molar-refractivity contribution in [1.29, 1.82) is 0 Å². The van der Waals surface area contributed by atoms with Gasteiger partial charge in [0.15, 0.2) is 21.3 Å². The van der Waals surface area contributed by atoms with Gasteiger partial charge in [-0.1, -0.05) is 30.3 Å². The van der Waals surface area contributed by atoms with Crippen LogP contribution in [0.5, 0.6) is 11.5 Å². The Hall–Kier alpha value is -3.39. The lowest BCUT2D eigenvalue weighted by Gasteiger charge is -2.22. The average molecular weight is 439 g/mol. The number of fused-ring (bicyclic) bond motifs is 2. The quantitative estimate of drug-likeness (QED) is 0.617. The molecule has 2 aliphatic heterocycles. The van der Waals surface area contributed by atoms with Crippen LogP contribution in [0.4, 0.5) is 10.1 Å². The number of nitrogens with zero attached hydrogens (tertiary/aromatic N) is 1. The minimum absolute atomic E-state index is 0.0665. The van der Waals surface area contributed by atoms with Gasteiger partial charge in [-0.2, -0.15) is 0 Å². The van der Waals surface area contributed by atoms with Gasteiger partial charge in [-0.15, -0.1) is 0 Å². The molecule has 3 aromatic carbocycles. The van der Waals surface area contributed by atoms with Crippen LogP contribution in [-0.2, 0) is 21.2 Å². The molecular weight excluding hydrogens is 421 g/mol. The lowest BCUT2D eigenvalue weighted by Crippen LogP contribution is -2.30. The Balaban J connectivity index is 1.61. The van der Waals surface area contributed by atoms with Gasteiger partial charge in [0.25, 0.3) is 0 Å². The predicted octanol–water partition coefficient (Wildman–Crippen LogP) is 4.01. The molecule has 0 saturated carbocycles. The molecule has 158 valence electrons. The number of carbonyl (C=O) groups excluding carboxylic acids is 1. The number of anilines is 1. The van der Waals surface area contributed by atoms with Crippen LogP contribution in [0.25, 0.3) is 0 Å². The summed E-state index contributed by atoms with van der Waals surface area (Å²) in [5.41, 5.74) is 1.32. The largest absolute Gasteiger partial charge is 0.454 e. The lowest BCUT2D eigenvalue weighted by atomic mass is 10.1. The van der Waals surface area contributed by atoms with E-state index in [1.807, 2.05) is 0 Å². The van der Waals surface area contributed by atoms with Crippen LogP contribution >= 0.6 is 0 Å². The second-order valence-corrected chi connectivity index (χ2v) is 9.53. The number of para-hydroxylation sites is 1. The Morgan fingerprint density at radius 2 is 1.77 bits per heavy atom. The third-order valence-corrected chi connectivity index (χ3v) is 7.64. The van der Waals surface area contributed by atoms with Crippen molar-refractivity contribution in [1.82, 2.24) is 0 Å². The molecule has 2 heterocycles. The van der Waals surface area contributed by atoms with Crippen molar-refractivity contribution >= 4 is 21.4 Å². The van der Waals surface area contributed by atoms with Crippen LogP contribution in [0.2, 0.25) is 0 Å². The Labute approximate surface area is 178 Å². The van der Waals surface area contributed by atoms with Gasteiger partial charge in [-0.3, -0.25) is 4.79 Å². The summed E-state index contributed by atoms with van der Waals surface area (Å²) in [5.74, 6) is 0.211. The summed E-state index contributed by atoms with van der Waals surface area (Å²) in [6.07, 6.45) is -0.244. The molecule has 0 bridgehead atoms. The highest BCUT2D eigenvalue weighted by atomic mass is 32.2. The monoisotopic (exact) mass is 439 g/mol. The summed E-state index contributed by atoms with van der Waals surface area (Å²) < 4.78 is 51.6. The molecule has 31 heavy (non-hydrogen) atoms. The molecule has 1 amide bonds. The van der Waals surface area contributed by atoms with E-state index in [-0.39, 0.29) is 30.6 Å². The van der Waals surface area contributed by atoms with Crippen LogP contribution in [-0.4, -0.2) is 21.1 Å². The molecule has 0 fully saturated rings. The van der Waals surface area contributed by atoms with E-state index in [0.29, 0.717) is 28.3 Å². The van der Waals surface area contributed by atoms with E-state index in [2.05, 4.69) is 0 Å². The van der Waals surface area contributed by atoms with Crippen LogP contribution in [0.1, 0.15) is 22.8 Å².